The number of hydrogen-bond donors (Lipinski definition) is 0. The first kappa shape index (κ1) is 11.9. The minimum absolute atomic E-state index is 0.150. The van der Waals surface area contributed by atoms with Crippen molar-refractivity contribution in [1.82, 2.24) is 0 Å². The molecular weight excluding hydrogens is 220 g/mol. The maximum absolute atomic E-state index is 6.01. The van der Waals surface area contributed by atoms with Gasteiger partial charge in [-0.1, -0.05) is 0 Å². The average Bonchev–Trinajstić information content (AvgIpc) is 2.77. The van der Waals surface area contributed by atoms with Gasteiger partial charge in [0.2, 0.25) is 0 Å². The molecule has 4 heteroatoms. The zero-order valence-corrected chi connectivity index (χ0v) is 11.1. The summed E-state index contributed by atoms with van der Waals surface area (Å²) in [6, 6.07) is 0. The normalized spacial score (nSPS) is 47.3. The van der Waals surface area contributed by atoms with E-state index in [2.05, 4.69) is 0 Å². The van der Waals surface area contributed by atoms with Crippen LogP contribution in [0.2, 0.25) is 0 Å². The van der Waals surface area contributed by atoms with E-state index in [0.717, 1.165) is 12.8 Å². The Morgan fingerprint density at radius 1 is 0.824 bits per heavy atom. The summed E-state index contributed by atoms with van der Waals surface area (Å²) < 4.78 is 23.5. The first-order chi connectivity index (χ1) is 7.86. The molecular formula is C13H22O4. The maximum atomic E-state index is 6.01. The summed E-state index contributed by atoms with van der Waals surface area (Å²) in [5.74, 6) is -0.482. The smallest absolute Gasteiger partial charge is 0.163 e. The largest absolute Gasteiger partial charge is 0.348 e. The molecule has 0 spiro atoms. The molecule has 4 nitrogen and oxygen atoms in total. The minimum Gasteiger partial charge on any atom is -0.348 e. The number of hydrogen-bond acceptors (Lipinski definition) is 4. The van der Waals surface area contributed by atoms with Gasteiger partial charge in [-0.2, -0.15) is 0 Å². The second kappa shape index (κ2) is 3.67. The van der Waals surface area contributed by atoms with Gasteiger partial charge in [0.05, 0.1) is 24.9 Å². The van der Waals surface area contributed by atoms with E-state index in [0.29, 0.717) is 12.5 Å². The van der Waals surface area contributed by atoms with E-state index < -0.39 is 11.6 Å². The van der Waals surface area contributed by atoms with Crippen molar-refractivity contribution in [2.24, 2.45) is 5.92 Å². The van der Waals surface area contributed by atoms with Gasteiger partial charge in [-0.15, -0.1) is 0 Å². The highest BCUT2D eigenvalue weighted by atomic mass is 16.8. The Balaban J connectivity index is 1.70. The first-order valence-corrected chi connectivity index (χ1v) is 6.54. The molecule has 0 radical (unpaired) electrons. The van der Waals surface area contributed by atoms with Crippen LogP contribution in [0.25, 0.3) is 0 Å². The van der Waals surface area contributed by atoms with Gasteiger partial charge in [0.1, 0.15) is 0 Å². The highest BCUT2D eigenvalue weighted by molar-refractivity contribution is 4.97. The molecule has 3 aliphatic rings. The second-order valence-corrected chi connectivity index (χ2v) is 6.25. The first-order valence-electron chi connectivity index (χ1n) is 6.54. The van der Waals surface area contributed by atoms with Crippen molar-refractivity contribution in [2.45, 2.75) is 70.4 Å². The molecule has 3 rings (SSSR count). The molecule has 0 aromatic rings. The Morgan fingerprint density at radius 2 is 1.53 bits per heavy atom. The molecule has 2 heterocycles. The van der Waals surface area contributed by atoms with Crippen LogP contribution in [0.15, 0.2) is 0 Å². The Bertz CT molecular complexity index is 313. The third-order valence-corrected chi connectivity index (χ3v) is 3.94. The summed E-state index contributed by atoms with van der Waals surface area (Å²) in [6.45, 7) is 8.58. The quantitative estimate of drug-likeness (QED) is 0.705. The molecule has 0 aromatic heterocycles. The van der Waals surface area contributed by atoms with Gasteiger partial charge in [0.25, 0.3) is 0 Å². The average molecular weight is 242 g/mol. The lowest BCUT2D eigenvalue weighted by Crippen LogP contribution is -2.35. The molecule has 1 aliphatic carbocycles. The number of rotatable bonds is 1. The van der Waals surface area contributed by atoms with Crippen LogP contribution < -0.4 is 0 Å². The summed E-state index contributed by atoms with van der Waals surface area (Å²) in [5.41, 5.74) is 0. The van der Waals surface area contributed by atoms with Gasteiger partial charge < -0.3 is 18.9 Å². The molecule has 0 unspecified atom stereocenters. The van der Waals surface area contributed by atoms with Gasteiger partial charge >= 0.3 is 0 Å². The molecule has 1 saturated carbocycles. The monoisotopic (exact) mass is 242 g/mol. The van der Waals surface area contributed by atoms with Crippen molar-refractivity contribution >= 4 is 0 Å². The Hall–Kier alpha value is -0.160. The number of ether oxygens (including phenoxy) is 4. The molecule has 3 fully saturated rings. The third kappa shape index (κ3) is 2.12. The molecule has 98 valence electrons. The molecule has 0 N–H and O–H groups in total. The van der Waals surface area contributed by atoms with Crippen LogP contribution in [0.5, 0.6) is 0 Å². The Kier molecular flexibility index (Phi) is 2.57. The van der Waals surface area contributed by atoms with Gasteiger partial charge in [-0.25, -0.2) is 0 Å². The van der Waals surface area contributed by atoms with Crippen molar-refractivity contribution < 1.29 is 18.9 Å². The van der Waals surface area contributed by atoms with Crippen molar-refractivity contribution in [3.63, 3.8) is 0 Å². The van der Waals surface area contributed by atoms with Crippen molar-refractivity contribution in [3.8, 4) is 0 Å². The summed E-state index contributed by atoms with van der Waals surface area (Å²) in [7, 11) is 0. The molecule has 2 saturated heterocycles. The second-order valence-electron chi connectivity index (χ2n) is 6.25. The lowest BCUT2D eigenvalue weighted by Gasteiger charge is -2.26. The standard InChI is InChI=1S/C13H22O4/c1-12(2)14-7-10(16-12)8-5-6-9-11(8)17-13(3,4)15-9/h8-11H,5-7H2,1-4H3/t8-,9+,10+,11-/m0/s1. The SMILES string of the molecule is CC1(C)OC[C@H]([C@@H]2CC[C@H]3OC(C)(C)O[C@@H]23)O1. The molecule has 4 atom stereocenters. The summed E-state index contributed by atoms with van der Waals surface area (Å²) in [5, 5.41) is 0. The number of fused-ring (bicyclic) bond motifs is 1. The van der Waals surface area contributed by atoms with Crippen molar-refractivity contribution in [3.05, 3.63) is 0 Å². The summed E-state index contributed by atoms with van der Waals surface area (Å²) in [4.78, 5) is 0. The minimum atomic E-state index is -0.447. The molecule has 0 amide bonds. The zero-order valence-electron chi connectivity index (χ0n) is 11.1. The van der Waals surface area contributed by atoms with Crippen LogP contribution in [0, 0.1) is 5.92 Å². The highest BCUT2D eigenvalue weighted by Crippen LogP contribution is 2.45. The zero-order chi connectivity index (χ0) is 12.3. The topological polar surface area (TPSA) is 36.9 Å². The fourth-order valence-corrected chi connectivity index (χ4v) is 3.29. The third-order valence-electron chi connectivity index (χ3n) is 3.94. The van der Waals surface area contributed by atoms with Crippen LogP contribution in [0.4, 0.5) is 0 Å². The van der Waals surface area contributed by atoms with Crippen LogP contribution in [0.3, 0.4) is 0 Å². The lowest BCUT2D eigenvalue weighted by atomic mass is 9.99. The van der Waals surface area contributed by atoms with E-state index in [1.165, 1.54) is 0 Å². The van der Waals surface area contributed by atoms with Gasteiger partial charge in [0.15, 0.2) is 11.6 Å². The summed E-state index contributed by atoms with van der Waals surface area (Å²) >= 11 is 0. The molecule has 0 bridgehead atoms. The lowest BCUT2D eigenvalue weighted by molar-refractivity contribution is -0.171. The highest BCUT2D eigenvalue weighted by Gasteiger charge is 2.53. The molecule has 2 aliphatic heterocycles. The van der Waals surface area contributed by atoms with Crippen molar-refractivity contribution in [1.29, 1.82) is 0 Å². The van der Waals surface area contributed by atoms with Gasteiger partial charge in [-0.05, 0) is 40.5 Å². The fraction of sp³-hybridized carbons (Fsp3) is 1.00. The van der Waals surface area contributed by atoms with E-state index in [-0.39, 0.29) is 18.3 Å². The molecule has 0 aromatic carbocycles. The van der Waals surface area contributed by atoms with Crippen molar-refractivity contribution in [2.75, 3.05) is 6.61 Å². The van der Waals surface area contributed by atoms with E-state index in [1.807, 2.05) is 27.7 Å². The fourth-order valence-electron chi connectivity index (χ4n) is 3.29. The molecule has 17 heavy (non-hydrogen) atoms. The van der Waals surface area contributed by atoms with E-state index in [1.54, 1.807) is 0 Å². The van der Waals surface area contributed by atoms with E-state index in [4.69, 9.17) is 18.9 Å². The Morgan fingerprint density at radius 3 is 2.18 bits per heavy atom. The van der Waals surface area contributed by atoms with Crippen LogP contribution >= 0.6 is 0 Å². The van der Waals surface area contributed by atoms with Gasteiger partial charge in [-0.3, -0.25) is 0 Å². The van der Waals surface area contributed by atoms with Gasteiger partial charge in [0, 0.05) is 5.92 Å². The summed E-state index contributed by atoms with van der Waals surface area (Å²) in [6.07, 6.45) is 2.74. The van der Waals surface area contributed by atoms with Crippen LogP contribution in [-0.4, -0.2) is 36.5 Å². The Labute approximate surface area is 103 Å². The predicted molar refractivity (Wildman–Crippen MR) is 61.5 cm³/mol. The van der Waals surface area contributed by atoms with Crippen LogP contribution in [0.1, 0.15) is 40.5 Å². The van der Waals surface area contributed by atoms with E-state index in [9.17, 15) is 0 Å². The maximum Gasteiger partial charge on any atom is 0.163 e. The van der Waals surface area contributed by atoms with Crippen LogP contribution in [-0.2, 0) is 18.9 Å². The van der Waals surface area contributed by atoms with E-state index >= 15 is 0 Å². The predicted octanol–water partition coefficient (Wildman–Crippen LogP) is 2.07.